The number of pyridine rings is 1. The number of ether oxygens (including phenoxy) is 3. The SMILES string of the molecule is [Li][C](=O)OC1CCC(Cn2c(=O)n(C)c3ccc(OCc4cccc(OC)c4)nc32)CC1. The molecule has 1 aliphatic carbocycles. The molecule has 0 radical (unpaired) electrons. The fourth-order valence-corrected chi connectivity index (χ4v) is 4.35. The Kier molecular flexibility index (Phi) is 6.92. The summed E-state index contributed by atoms with van der Waals surface area (Å²) in [5, 5.41) is 0. The Balaban J connectivity index is 1.49. The van der Waals surface area contributed by atoms with E-state index >= 15 is 0 Å². The van der Waals surface area contributed by atoms with Gasteiger partial charge in [-0.3, -0.25) is 0 Å². The first-order valence-electron chi connectivity index (χ1n) is 10.9. The molecule has 4 rings (SSSR count). The van der Waals surface area contributed by atoms with E-state index in [0.29, 0.717) is 30.6 Å². The Morgan fingerprint density at radius 3 is 2.69 bits per heavy atom. The Labute approximate surface area is 195 Å². The fraction of sp³-hybridized carbons (Fsp3) is 0.435. The van der Waals surface area contributed by atoms with E-state index in [0.717, 1.165) is 42.5 Å². The van der Waals surface area contributed by atoms with Gasteiger partial charge in [0.25, 0.3) is 0 Å². The molecule has 0 unspecified atom stereocenters. The number of imidazole rings is 1. The number of nitrogens with zero attached hydrogens (tertiary/aromatic N) is 3. The average Bonchev–Trinajstić information content (AvgIpc) is 3.03. The zero-order valence-corrected chi connectivity index (χ0v) is 18.7. The molecule has 1 saturated carbocycles. The Bertz CT molecular complexity index is 1160. The van der Waals surface area contributed by atoms with Crippen molar-refractivity contribution in [3.8, 4) is 11.6 Å². The minimum absolute atomic E-state index is 0.0114. The molecule has 0 N–H and O–H groups in total. The van der Waals surface area contributed by atoms with Gasteiger partial charge in [-0.1, -0.05) is 12.1 Å². The number of carbonyl (C=O) groups excluding carboxylic acids is 1. The monoisotopic (exact) mass is 431 g/mol. The van der Waals surface area contributed by atoms with E-state index in [2.05, 4.69) is 4.98 Å². The van der Waals surface area contributed by atoms with E-state index in [4.69, 9.17) is 14.2 Å². The zero-order valence-electron chi connectivity index (χ0n) is 18.7. The second kappa shape index (κ2) is 9.84. The first-order valence-corrected chi connectivity index (χ1v) is 10.9. The van der Waals surface area contributed by atoms with Crippen LogP contribution in [-0.2, 0) is 24.9 Å². The molecule has 3 aromatic rings. The van der Waals surface area contributed by atoms with E-state index in [1.807, 2.05) is 30.3 Å². The molecule has 9 heteroatoms. The number of methoxy groups -OCH3 is 1. The van der Waals surface area contributed by atoms with Crippen LogP contribution >= 0.6 is 0 Å². The summed E-state index contributed by atoms with van der Waals surface area (Å²) in [4.78, 5) is 28.7. The number of benzene rings is 1. The first kappa shape index (κ1) is 22.5. The van der Waals surface area contributed by atoms with Crippen molar-refractivity contribution in [2.75, 3.05) is 7.11 Å². The summed E-state index contributed by atoms with van der Waals surface area (Å²) < 4.78 is 19.6. The van der Waals surface area contributed by atoms with Crippen LogP contribution in [0.25, 0.3) is 11.2 Å². The summed E-state index contributed by atoms with van der Waals surface area (Å²) in [7, 11) is 3.39. The van der Waals surface area contributed by atoms with Gasteiger partial charge in [0.1, 0.15) is 12.4 Å². The molecule has 1 aromatic carbocycles. The third-order valence-corrected chi connectivity index (χ3v) is 6.05. The molecule has 0 bridgehead atoms. The van der Waals surface area contributed by atoms with Crippen molar-refractivity contribution in [3.05, 3.63) is 52.4 Å². The summed E-state index contributed by atoms with van der Waals surface area (Å²) in [6, 6.07) is 11.3. The van der Waals surface area contributed by atoms with Crippen LogP contribution in [0.3, 0.4) is 0 Å². The second-order valence-electron chi connectivity index (χ2n) is 8.34. The van der Waals surface area contributed by atoms with Gasteiger partial charge in [0.15, 0.2) is 0 Å². The van der Waals surface area contributed by atoms with Crippen molar-refractivity contribution >= 4 is 33.5 Å². The number of aromatic nitrogens is 3. The van der Waals surface area contributed by atoms with Crippen LogP contribution in [0.4, 0.5) is 4.79 Å². The van der Waals surface area contributed by atoms with Crippen LogP contribution in [-0.4, -0.2) is 49.7 Å². The molecule has 1 aliphatic rings. The van der Waals surface area contributed by atoms with Crippen LogP contribution in [0, 0.1) is 5.92 Å². The molecule has 2 aromatic heterocycles. The molecule has 0 spiro atoms. The third-order valence-electron chi connectivity index (χ3n) is 6.05. The molecule has 0 amide bonds. The number of fused-ring (bicyclic) bond motifs is 1. The molecular weight excluding hydrogens is 405 g/mol. The standard InChI is InChI=1S/C23H26N3O5.Li/c1-25-20-10-11-21(30-14-17-4-3-5-19(12-17)29-2)24-22(20)26(23(25)28)13-16-6-8-18(9-7-16)31-15-27;/h3-5,10-12,16,18H,6-9,13-14H2,1-2H3;. The fourth-order valence-electron chi connectivity index (χ4n) is 4.35. The first-order chi connectivity index (χ1) is 15.4. The summed E-state index contributed by atoms with van der Waals surface area (Å²) in [5.74, 6) is 1.58. The summed E-state index contributed by atoms with van der Waals surface area (Å²) in [6.45, 7) is 0.947. The Morgan fingerprint density at radius 2 is 1.97 bits per heavy atom. The molecule has 0 saturated heterocycles. The molecule has 164 valence electrons. The Morgan fingerprint density at radius 1 is 1.19 bits per heavy atom. The van der Waals surface area contributed by atoms with Gasteiger partial charge in [0.05, 0.1) is 7.11 Å². The van der Waals surface area contributed by atoms with E-state index in [1.165, 1.54) is 17.7 Å². The third kappa shape index (κ3) is 5.03. The molecule has 0 atom stereocenters. The van der Waals surface area contributed by atoms with Crippen LogP contribution in [0.15, 0.2) is 41.2 Å². The molecule has 2 heterocycles. The predicted octanol–water partition coefficient (Wildman–Crippen LogP) is 3.19. The van der Waals surface area contributed by atoms with Crippen LogP contribution in [0.5, 0.6) is 11.6 Å². The summed E-state index contributed by atoms with van der Waals surface area (Å²) in [5.41, 5.74) is 2.29. The van der Waals surface area contributed by atoms with Crippen LogP contribution in [0.1, 0.15) is 31.2 Å². The van der Waals surface area contributed by atoms with Crippen LogP contribution in [0.2, 0.25) is 0 Å². The summed E-state index contributed by atoms with van der Waals surface area (Å²) >= 11 is 1.45. The molecule has 8 nitrogen and oxygen atoms in total. The molecular formula is C23H26LiN3O5. The van der Waals surface area contributed by atoms with Crippen molar-refractivity contribution in [2.24, 2.45) is 13.0 Å². The van der Waals surface area contributed by atoms with E-state index < -0.39 is 0 Å². The van der Waals surface area contributed by atoms with Gasteiger partial charge in [0.2, 0.25) is 0 Å². The van der Waals surface area contributed by atoms with Crippen molar-refractivity contribution in [1.82, 2.24) is 14.1 Å². The zero-order chi connectivity index (χ0) is 22.7. The molecule has 0 aliphatic heterocycles. The molecule has 1 fully saturated rings. The van der Waals surface area contributed by atoms with E-state index in [9.17, 15) is 9.59 Å². The van der Waals surface area contributed by atoms with Gasteiger partial charge in [-0.15, -0.1) is 0 Å². The van der Waals surface area contributed by atoms with E-state index in [-0.39, 0.29) is 16.4 Å². The predicted molar refractivity (Wildman–Crippen MR) is 120 cm³/mol. The topological polar surface area (TPSA) is 84.6 Å². The number of aryl methyl sites for hydroxylation is 1. The van der Waals surface area contributed by atoms with Gasteiger partial charge in [-0.2, -0.15) is 0 Å². The van der Waals surface area contributed by atoms with Gasteiger partial charge in [-0.05, 0) is 17.7 Å². The van der Waals surface area contributed by atoms with Gasteiger partial charge in [-0.25, -0.2) is 0 Å². The number of hydrogen-bond acceptors (Lipinski definition) is 6. The number of hydrogen-bond donors (Lipinski definition) is 0. The van der Waals surface area contributed by atoms with Crippen molar-refractivity contribution < 1.29 is 19.0 Å². The van der Waals surface area contributed by atoms with E-state index in [1.54, 1.807) is 29.4 Å². The maximum absolute atomic E-state index is 12.9. The summed E-state index contributed by atoms with van der Waals surface area (Å²) in [6.07, 6.45) is 3.46. The van der Waals surface area contributed by atoms with Gasteiger partial charge in [0, 0.05) is 0 Å². The Hall–Kier alpha value is -2.69. The van der Waals surface area contributed by atoms with Crippen LogP contribution < -0.4 is 15.2 Å². The quantitative estimate of drug-likeness (QED) is 0.534. The van der Waals surface area contributed by atoms with Gasteiger partial charge >= 0.3 is 142 Å². The number of rotatable bonds is 7. The minimum atomic E-state index is -0.232. The van der Waals surface area contributed by atoms with Crippen molar-refractivity contribution in [3.63, 3.8) is 0 Å². The van der Waals surface area contributed by atoms with Crippen molar-refractivity contribution in [1.29, 1.82) is 0 Å². The van der Waals surface area contributed by atoms with Gasteiger partial charge < -0.3 is 4.74 Å². The second-order valence-corrected chi connectivity index (χ2v) is 8.34. The normalized spacial score (nSPS) is 18.5. The number of carbonyl (C=O) groups is 1. The average molecular weight is 431 g/mol. The van der Waals surface area contributed by atoms with Crippen molar-refractivity contribution in [2.45, 2.75) is 44.9 Å². The molecule has 32 heavy (non-hydrogen) atoms. The maximum atomic E-state index is 12.9.